The van der Waals surface area contributed by atoms with Crippen LogP contribution in [-0.2, 0) is 0 Å². The molecule has 0 fully saturated rings. The van der Waals surface area contributed by atoms with Gasteiger partial charge in [-0.2, -0.15) is 0 Å². The molecular weight excluding hydrogens is 304 g/mol. The molecule has 2 unspecified atom stereocenters. The quantitative estimate of drug-likeness (QED) is 0.764. The van der Waals surface area contributed by atoms with Crippen LogP contribution in [0.5, 0.6) is 0 Å². The number of anilines is 1. The largest absolute Gasteiger partial charge is 0.396 e. The highest BCUT2D eigenvalue weighted by Crippen LogP contribution is 2.17. The Morgan fingerprint density at radius 2 is 1.58 bits per heavy atom. The summed E-state index contributed by atoms with van der Waals surface area (Å²) < 4.78 is 0. The van der Waals surface area contributed by atoms with Crippen LogP contribution in [0, 0.1) is 5.92 Å². The van der Waals surface area contributed by atoms with Gasteiger partial charge in [-0.05, 0) is 37.1 Å². The first-order chi connectivity index (χ1) is 11.5. The molecule has 0 saturated carbocycles. The Morgan fingerprint density at radius 3 is 2.25 bits per heavy atom. The highest BCUT2D eigenvalue weighted by atomic mass is 16.3. The van der Waals surface area contributed by atoms with Crippen LogP contribution in [-0.4, -0.2) is 29.6 Å². The second-order valence-corrected chi connectivity index (χ2v) is 5.79. The number of aliphatic hydroxyl groups is 1. The molecular formula is C19H22N2O3. The van der Waals surface area contributed by atoms with E-state index in [9.17, 15) is 14.7 Å². The molecule has 24 heavy (non-hydrogen) atoms. The molecule has 2 amide bonds. The number of nitrogens with one attached hydrogen (secondary N) is 2. The van der Waals surface area contributed by atoms with E-state index in [2.05, 4.69) is 10.6 Å². The molecule has 0 aliphatic heterocycles. The van der Waals surface area contributed by atoms with E-state index in [1.807, 2.05) is 19.9 Å². The molecule has 0 saturated heterocycles. The van der Waals surface area contributed by atoms with Crippen LogP contribution in [0.25, 0.3) is 0 Å². The van der Waals surface area contributed by atoms with Gasteiger partial charge >= 0.3 is 0 Å². The minimum Gasteiger partial charge on any atom is -0.396 e. The molecule has 2 aromatic carbocycles. The molecule has 126 valence electrons. The molecule has 2 rings (SSSR count). The SMILES string of the molecule is CC(CO)C(C)NC(=O)c1ccccc1NC(=O)c1ccccc1. The number of rotatable bonds is 6. The van der Waals surface area contributed by atoms with Crippen LogP contribution >= 0.6 is 0 Å². The molecule has 3 N–H and O–H groups in total. The summed E-state index contributed by atoms with van der Waals surface area (Å²) in [7, 11) is 0. The second kappa shape index (κ2) is 8.26. The molecule has 0 bridgehead atoms. The first-order valence-electron chi connectivity index (χ1n) is 7.90. The fourth-order valence-electron chi connectivity index (χ4n) is 2.16. The van der Waals surface area contributed by atoms with E-state index in [0.29, 0.717) is 16.8 Å². The average Bonchev–Trinajstić information content (AvgIpc) is 2.62. The molecule has 5 nitrogen and oxygen atoms in total. The predicted molar refractivity (Wildman–Crippen MR) is 94.0 cm³/mol. The number of benzene rings is 2. The van der Waals surface area contributed by atoms with Gasteiger partial charge in [0.25, 0.3) is 11.8 Å². The third kappa shape index (κ3) is 4.43. The maximum atomic E-state index is 12.5. The Bertz CT molecular complexity index is 701. The maximum absolute atomic E-state index is 12.5. The van der Waals surface area contributed by atoms with E-state index >= 15 is 0 Å². The first kappa shape index (κ1) is 17.7. The van der Waals surface area contributed by atoms with Crippen LogP contribution < -0.4 is 10.6 Å². The second-order valence-electron chi connectivity index (χ2n) is 5.79. The standard InChI is InChI=1S/C19H22N2O3/c1-13(12-22)14(2)20-19(24)16-10-6-7-11-17(16)21-18(23)15-8-4-3-5-9-15/h3-11,13-14,22H,12H2,1-2H3,(H,20,24)(H,21,23). The van der Waals surface area contributed by atoms with Gasteiger partial charge in [0.15, 0.2) is 0 Å². The summed E-state index contributed by atoms with van der Waals surface area (Å²) in [5.41, 5.74) is 1.36. The van der Waals surface area contributed by atoms with Gasteiger partial charge in [0.2, 0.25) is 0 Å². The number of para-hydroxylation sites is 1. The first-order valence-corrected chi connectivity index (χ1v) is 7.90. The van der Waals surface area contributed by atoms with Crippen LogP contribution in [0.2, 0.25) is 0 Å². The van der Waals surface area contributed by atoms with Crippen molar-refractivity contribution in [2.24, 2.45) is 5.92 Å². The van der Waals surface area contributed by atoms with E-state index in [1.54, 1.807) is 48.5 Å². The zero-order valence-electron chi connectivity index (χ0n) is 13.8. The van der Waals surface area contributed by atoms with Crippen LogP contribution in [0.1, 0.15) is 34.6 Å². The lowest BCUT2D eigenvalue weighted by molar-refractivity contribution is 0.0917. The lowest BCUT2D eigenvalue weighted by Gasteiger charge is -2.20. The van der Waals surface area contributed by atoms with Gasteiger partial charge in [0.05, 0.1) is 11.3 Å². The fourth-order valence-corrected chi connectivity index (χ4v) is 2.16. The van der Waals surface area contributed by atoms with Crippen molar-refractivity contribution in [1.82, 2.24) is 5.32 Å². The number of amides is 2. The van der Waals surface area contributed by atoms with Crippen molar-refractivity contribution < 1.29 is 14.7 Å². The molecule has 2 aromatic rings. The van der Waals surface area contributed by atoms with Gasteiger partial charge in [0, 0.05) is 18.2 Å². The summed E-state index contributed by atoms with van der Waals surface area (Å²) in [5.74, 6) is -0.612. The van der Waals surface area contributed by atoms with Gasteiger partial charge in [-0.25, -0.2) is 0 Å². The lowest BCUT2D eigenvalue weighted by atomic mass is 10.0. The van der Waals surface area contributed by atoms with Gasteiger partial charge in [-0.3, -0.25) is 9.59 Å². The van der Waals surface area contributed by atoms with E-state index in [0.717, 1.165) is 0 Å². The van der Waals surface area contributed by atoms with Crippen molar-refractivity contribution in [3.63, 3.8) is 0 Å². The normalized spacial score (nSPS) is 13.0. The minimum atomic E-state index is -0.285. The van der Waals surface area contributed by atoms with Gasteiger partial charge in [0.1, 0.15) is 0 Å². The van der Waals surface area contributed by atoms with E-state index in [1.165, 1.54) is 0 Å². The van der Waals surface area contributed by atoms with E-state index in [4.69, 9.17) is 0 Å². The molecule has 5 heteroatoms. The van der Waals surface area contributed by atoms with Crippen molar-refractivity contribution in [2.45, 2.75) is 19.9 Å². The average molecular weight is 326 g/mol. The Hall–Kier alpha value is -2.66. The number of hydrogen-bond acceptors (Lipinski definition) is 3. The third-order valence-corrected chi connectivity index (χ3v) is 3.96. The monoisotopic (exact) mass is 326 g/mol. The van der Waals surface area contributed by atoms with Crippen molar-refractivity contribution in [2.75, 3.05) is 11.9 Å². The predicted octanol–water partition coefficient (Wildman–Crippen LogP) is 2.69. The van der Waals surface area contributed by atoms with Crippen LogP contribution in [0.3, 0.4) is 0 Å². The van der Waals surface area contributed by atoms with E-state index < -0.39 is 0 Å². The van der Waals surface area contributed by atoms with Crippen molar-refractivity contribution >= 4 is 17.5 Å². The fraction of sp³-hybridized carbons (Fsp3) is 0.263. The zero-order valence-corrected chi connectivity index (χ0v) is 13.8. The smallest absolute Gasteiger partial charge is 0.255 e. The summed E-state index contributed by atoms with van der Waals surface area (Å²) in [6.45, 7) is 3.69. The minimum absolute atomic E-state index is 0.00611. The molecule has 0 spiro atoms. The molecule has 0 heterocycles. The molecule has 2 atom stereocenters. The number of carbonyl (C=O) groups excluding carboxylic acids is 2. The Morgan fingerprint density at radius 1 is 0.958 bits per heavy atom. The molecule has 0 radical (unpaired) electrons. The van der Waals surface area contributed by atoms with E-state index in [-0.39, 0.29) is 30.4 Å². The van der Waals surface area contributed by atoms with Crippen molar-refractivity contribution in [3.8, 4) is 0 Å². The summed E-state index contributed by atoms with van der Waals surface area (Å²) in [4.78, 5) is 24.8. The third-order valence-electron chi connectivity index (χ3n) is 3.96. The molecule has 0 aromatic heterocycles. The number of hydrogen-bond donors (Lipinski definition) is 3. The highest BCUT2D eigenvalue weighted by molar-refractivity contribution is 6.09. The number of aliphatic hydroxyl groups excluding tert-OH is 1. The van der Waals surface area contributed by atoms with Gasteiger partial charge in [-0.1, -0.05) is 37.3 Å². The van der Waals surface area contributed by atoms with Crippen LogP contribution in [0.15, 0.2) is 54.6 Å². The van der Waals surface area contributed by atoms with Crippen molar-refractivity contribution in [1.29, 1.82) is 0 Å². The molecule has 0 aliphatic carbocycles. The molecule has 0 aliphatic rings. The highest BCUT2D eigenvalue weighted by Gasteiger charge is 2.18. The number of carbonyl (C=O) groups is 2. The summed E-state index contributed by atoms with van der Waals surface area (Å²) >= 11 is 0. The van der Waals surface area contributed by atoms with Gasteiger partial charge in [-0.15, -0.1) is 0 Å². The van der Waals surface area contributed by atoms with Crippen molar-refractivity contribution in [3.05, 3.63) is 65.7 Å². The summed E-state index contributed by atoms with van der Waals surface area (Å²) in [6, 6.07) is 15.5. The Balaban J connectivity index is 2.15. The lowest BCUT2D eigenvalue weighted by Crippen LogP contribution is -2.38. The topological polar surface area (TPSA) is 78.4 Å². The summed E-state index contributed by atoms with van der Waals surface area (Å²) in [5, 5.41) is 14.8. The Labute approximate surface area is 141 Å². The Kier molecular flexibility index (Phi) is 6.09. The summed E-state index contributed by atoms with van der Waals surface area (Å²) in [6.07, 6.45) is 0. The maximum Gasteiger partial charge on any atom is 0.255 e. The van der Waals surface area contributed by atoms with Crippen LogP contribution in [0.4, 0.5) is 5.69 Å². The van der Waals surface area contributed by atoms with Gasteiger partial charge < -0.3 is 15.7 Å². The zero-order chi connectivity index (χ0) is 17.5.